The molecule has 5 nitrogen and oxygen atoms in total. The van der Waals surface area contributed by atoms with Crippen molar-refractivity contribution in [1.82, 2.24) is 19.7 Å². The zero-order valence-electron chi connectivity index (χ0n) is 11.8. The summed E-state index contributed by atoms with van der Waals surface area (Å²) in [5.74, 6) is 0.697. The lowest BCUT2D eigenvalue weighted by Gasteiger charge is -2.06. The van der Waals surface area contributed by atoms with E-state index in [0.29, 0.717) is 22.6 Å². The number of hydrogen-bond donors (Lipinski definition) is 0. The predicted octanol–water partition coefficient (Wildman–Crippen LogP) is 4.07. The Balaban J connectivity index is 1.72. The molecule has 0 aliphatic rings. The second kappa shape index (κ2) is 7.13. The average molecular weight is 353 g/mol. The third-order valence-electron chi connectivity index (χ3n) is 2.73. The molecule has 0 aliphatic heterocycles. The molecule has 0 spiro atoms. The lowest BCUT2D eigenvalue weighted by Crippen LogP contribution is -1.95. The third-order valence-corrected chi connectivity index (χ3v) is 4.97. The molecule has 2 aromatic heterocycles. The minimum absolute atomic E-state index is 0.598. The molecule has 3 aromatic rings. The topological polar surface area (TPSA) is 52.8 Å². The number of halogens is 1. The lowest BCUT2D eigenvalue weighted by atomic mass is 10.3. The summed E-state index contributed by atoms with van der Waals surface area (Å²) in [4.78, 5) is 4.39. The van der Waals surface area contributed by atoms with E-state index < -0.39 is 0 Å². The quantitative estimate of drug-likeness (QED) is 0.626. The van der Waals surface area contributed by atoms with Gasteiger partial charge in [-0.05, 0) is 25.1 Å². The van der Waals surface area contributed by atoms with Gasteiger partial charge in [0.15, 0.2) is 5.16 Å². The van der Waals surface area contributed by atoms with Gasteiger partial charge in [-0.1, -0.05) is 40.8 Å². The van der Waals surface area contributed by atoms with Crippen LogP contribution in [0.5, 0.6) is 5.19 Å². The Morgan fingerprint density at radius 3 is 3.09 bits per heavy atom. The van der Waals surface area contributed by atoms with Crippen LogP contribution in [-0.4, -0.2) is 26.4 Å². The Labute approximate surface area is 141 Å². The van der Waals surface area contributed by atoms with E-state index >= 15 is 0 Å². The molecule has 114 valence electrons. The van der Waals surface area contributed by atoms with Crippen LogP contribution < -0.4 is 4.74 Å². The highest BCUT2D eigenvalue weighted by Crippen LogP contribution is 2.28. The molecule has 8 heteroatoms. The van der Waals surface area contributed by atoms with Gasteiger partial charge in [0.25, 0.3) is 5.19 Å². The van der Waals surface area contributed by atoms with Crippen LogP contribution in [0.3, 0.4) is 0 Å². The van der Waals surface area contributed by atoms with Gasteiger partial charge in [0.2, 0.25) is 0 Å². The number of ether oxygens (including phenoxy) is 1. The van der Waals surface area contributed by atoms with Crippen molar-refractivity contribution in [3.63, 3.8) is 0 Å². The highest BCUT2D eigenvalue weighted by atomic mass is 35.5. The molecule has 0 bridgehead atoms. The number of imidazole rings is 1. The Bertz CT molecular complexity index is 759. The van der Waals surface area contributed by atoms with E-state index in [-0.39, 0.29) is 0 Å². The molecule has 0 amide bonds. The lowest BCUT2D eigenvalue weighted by molar-refractivity contribution is 0.335. The molecule has 0 radical (unpaired) electrons. The molecule has 0 saturated heterocycles. The van der Waals surface area contributed by atoms with E-state index in [0.717, 1.165) is 15.9 Å². The maximum Gasteiger partial charge on any atom is 0.294 e. The SMILES string of the molecule is CCOc1nnc(CSc2nccn2-c2cccc(Cl)c2)s1. The fraction of sp³-hybridized carbons (Fsp3) is 0.214. The van der Waals surface area contributed by atoms with Gasteiger partial charge in [0.05, 0.1) is 12.4 Å². The number of thioether (sulfide) groups is 1. The van der Waals surface area contributed by atoms with Crippen molar-refractivity contribution < 1.29 is 4.74 Å². The highest BCUT2D eigenvalue weighted by Gasteiger charge is 2.10. The van der Waals surface area contributed by atoms with E-state index in [1.54, 1.807) is 18.0 Å². The zero-order chi connectivity index (χ0) is 15.4. The third kappa shape index (κ3) is 3.60. The molecule has 0 fully saturated rings. The number of benzene rings is 1. The number of rotatable bonds is 6. The Morgan fingerprint density at radius 2 is 2.27 bits per heavy atom. The van der Waals surface area contributed by atoms with Gasteiger partial charge in [0, 0.05) is 23.1 Å². The summed E-state index contributed by atoms with van der Waals surface area (Å²) in [6, 6.07) is 7.68. The first-order chi connectivity index (χ1) is 10.8. The highest BCUT2D eigenvalue weighted by molar-refractivity contribution is 7.98. The Kier molecular flexibility index (Phi) is 4.97. The van der Waals surface area contributed by atoms with Gasteiger partial charge >= 0.3 is 0 Å². The normalized spacial score (nSPS) is 10.8. The average Bonchev–Trinajstić information content (AvgIpc) is 3.14. The van der Waals surface area contributed by atoms with Gasteiger partial charge < -0.3 is 4.74 Å². The van der Waals surface area contributed by atoms with Crippen molar-refractivity contribution in [2.24, 2.45) is 0 Å². The van der Waals surface area contributed by atoms with Crippen LogP contribution in [0.2, 0.25) is 5.02 Å². The second-order valence-electron chi connectivity index (χ2n) is 4.24. The molecule has 2 heterocycles. The predicted molar refractivity (Wildman–Crippen MR) is 89.2 cm³/mol. The van der Waals surface area contributed by atoms with Crippen molar-refractivity contribution in [1.29, 1.82) is 0 Å². The molecule has 0 atom stereocenters. The minimum atomic E-state index is 0.598. The first-order valence-electron chi connectivity index (χ1n) is 6.63. The molecule has 1 aromatic carbocycles. The number of nitrogens with zero attached hydrogens (tertiary/aromatic N) is 4. The first kappa shape index (κ1) is 15.3. The fourth-order valence-electron chi connectivity index (χ4n) is 1.82. The van der Waals surface area contributed by atoms with E-state index in [2.05, 4.69) is 15.2 Å². The van der Waals surface area contributed by atoms with E-state index in [1.807, 2.05) is 42.0 Å². The second-order valence-corrected chi connectivity index (χ2v) is 6.65. The van der Waals surface area contributed by atoms with Gasteiger partial charge in [-0.2, -0.15) is 0 Å². The van der Waals surface area contributed by atoms with Crippen molar-refractivity contribution in [2.45, 2.75) is 17.8 Å². The van der Waals surface area contributed by atoms with Crippen LogP contribution >= 0.6 is 34.7 Å². The summed E-state index contributed by atoms with van der Waals surface area (Å²) < 4.78 is 7.33. The van der Waals surface area contributed by atoms with Crippen molar-refractivity contribution in [3.05, 3.63) is 46.7 Å². The molecular weight excluding hydrogens is 340 g/mol. The van der Waals surface area contributed by atoms with Gasteiger partial charge in [-0.3, -0.25) is 4.57 Å². The van der Waals surface area contributed by atoms with E-state index in [1.165, 1.54) is 11.3 Å². The largest absolute Gasteiger partial charge is 0.469 e. The summed E-state index contributed by atoms with van der Waals surface area (Å²) in [5, 5.41) is 11.2. The van der Waals surface area contributed by atoms with E-state index in [4.69, 9.17) is 16.3 Å². The minimum Gasteiger partial charge on any atom is -0.469 e. The zero-order valence-corrected chi connectivity index (χ0v) is 14.2. The monoisotopic (exact) mass is 352 g/mol. The van der Waals surface area contributed by atoms with E-state index in [9.17, 15) is 0 Å². The molecule has 0 unspecified atom stereocenters. The summed E-state index contributed by atoms with van der Waals surface area (Å²) >= 11 is 9.11. The Hall–Kier alpha value is -1.57. The van der Waals surface area contributed by atoms with Crippen LogP contribution in [-0.2, 0) is 5.75 Å². The number of hydrogen-bond acceptors (Lipinski definition) is 6. The van der Waals surface area contributed by atoms with Crippen LogP contribution in [0.1, 0.15) is 11.9 Å². The van der Waals surface area contributed by atoms with Crippen LogP contribution in [0.25, 0.3) is 5.69 Å². The maximum atomic E-state index is 6.05. The molecule has 0 aliphatic carbocycles. The fourth-order valence-corrected chi connectivity index (χ4v) is 3.71. The summed E-state index contributed by atoms with van der Waals surface area (Å²) in [6.45, 7) is 2.53. The van der Waals surface area contributed by atoms with Gasteiger partial charge in [-0.25, -0.2) is 4.98 Å². The summed E-state index contributed by atoms with van der Waals surface area (Å²) in [7, 11) is 0. The standard InChI is InChI=1S/C14H13ClN4OS2/c1-2-20-14-18-17-12(22-14)9-21-13-16-6-7-19(13)11-5-3-4-10(15)8-11/h3-8H,2,9H2,1H3. The molecule has 3 rings (SSSR count). The van der Waals surface area contributed by atoms with Crippen molar-refractivity contribution in [2.75, 3.05) is 6.61 Å². The smallest absolute Gasteiger partial charge is 0.294 e. The Morgan fingerprint density at radius 1 is 1.36 bits per heavy atom. The van der Waals surface area contributed by atoms with Crippen LogP contribution in [0.4, 0.5) is 0 Å². The van der Waals surface area contributed by atoms with Gasteiger partial charge in [-0.15, -0.1) is 10.2 Å². The van der Waals surface area contributed by atoms with Crippen LogP contribution in [0.15, 0.2) is 41.8 Å². The maximum absolute atomic E-state index is 6.05. The molecule has 22 heavy (non-hydrogen) atoms. The number of aromatic nitrogens is 4. The molecular formula is C14H13ClN4OS2. The molecule has 0 N–H and O–H groups in total. The summed E-state index contributed by atoms with van der Waals surface area (Å²) in [6.07, 6.45) is 3.69. The molecule has 0 saturated carbocycles. The van der Waals surface area contributed by atoms with Crippen molar-refractivity contribution in [3.8, 4) is 10.9 Å². The van der Waals surface area contributed by atoms with Gasteiger partial charge in [0.1, 0.15) is 5.01 Å². The summed E-state index contributed by atoms with van der Waals surface area (Å²) in [5.41, 5.74) is 0.986. The van der Waals surface area contributed by atoms with Crippen molar-refractivity contribution >= 4 is 34.7 Å². The van der Waals surface area contributed by atoms with Crippen LogP contribution in [0, 0.1) is 0 Å². The first-order valence-corrected chi connectivity index (χ1v) is 8.81.